The van der Waals surface area contributed by atoms with Crippen molar-refractivity contribution in [1.29, 1.82) is 0 Å². The van der Waals surface area contributed by atoms with Crippen molar-refractivity contribution >= 4 is 11.6 Å². The molecule has 2 aromatic carbocycles. The Hall–Kier alpha value is -2.43. The van der Waals surface area contributed by atoms with Gasteiger partial charge in [0.2, 0.25) is 0 Å². The molecule has 0 radical (unpaired) electrons. The van der Waals surface area contributed by atoms with Crippen molar-refractivity contribution in [3.8, 4) is 5.75 Å². The van der Waals surface area contributed by atoms with Gasteiger partial charge < -0.3 is 10.4 Å². The van der Waals surface area contributed by atoms with Crippen LogP contribution in [0.4, 0.5) is 14.5 Å². The van der Waals surface area contributed by atoms with Gasteiger partial charge in [0.15, 0.2) is 0 Å². The van der Waals surface area contributed by atoms with E-state index in [4.69, 9.17) is 0 Å². The van der Waals surface area contributed by atoms with Gasteiger partial charge in [-0.3, -0.25) is 4.79 Å². The number of hydrogen-bond donors (Lipinski definition) is 2. The molecule has 0 unspecified atom stereocenters. The van der Waals surface area contributed by atoms with Crippen molar-refractivity contribution in [2.75, 3.05) is 5.32 Å². The highest BCUT2D eigenvalue weighted by Crippen LogP contribution is 2.23. The summed E-state index contributed by atoms with van der Waals surface area (Å²) < 4.78 is 26.6. The number of rotatable bonds is 2. The van der Waals surface area contributed by atoms with Gasteiger partial charge in [-0.05, 0) is 36.8 Å². The van der Waals surface area contributed by atoms with Gasteiger partial charge in [0.25, 0.3) is 5.91 Å². The second-order valence-corrected chi connectivity index (χ2v) is 4.05. The van der Waals surface area contributed by atoms with Crippen molar-refractivity contribution in [3.05, 3.63) is 59.2 Å². The molecule has 0 saturated heterocycles. The summed E-state index contributed by atoms with van der Waals surface area (Å²) in [7, 11) is 0. The molecule has 19 heavy (non-hydrogen) atoms. The third-order valence-electron chi connectivity index (χ3n) is 2.66. The fourth-order valence-electron chi connectivity index (χ4n) is 1.66. The van der Waals surface area contributed by atoms with Gasteiger partial charge >= 0.3 is 0 Å². The Labute approximate surface area is 108 Å². The SMILES string of the molecule is Cc1cccc(F)c1NC(=O)c1cc(F)ccc1O. The first-order chi connectivity index (χ1) is 8.99. The first-order valence-corrected chi connectivity index (χ1v) is 5.54. The molecule has 2 rings (SSSR count). The Morgan fingerprint density at radius 2 is 1.95 bits per heavy atom. The molecule has 0 saturated carbocycles. The molecule has 0 bridgehead atoms. The average Bonchev–Trinajstić information content (AvgIpc) is 2.37. The van der Waals surface area contributed by atoms with Crippen LogP contribution in [-0.2, 0) is 0 Å². The fourth-order valence-corrected chi connectivity index (χ4v) is 1.66. The summed E-state index contributed by atoms with van der Waals surface area (Å²) in [6.07, 6.45) is 0. The Kier molecular flexibility index (Phi) is 3.46. The summed E-state index contributed by atoms with van der Waals surface area (Å²) >= 11 is 0. The van der Waals surface area contributed by atoms with E-state index in [1.807, 2.05) is 0 Å². The number of amides is 1. The lowest BCUT2D eigenvalue weighted by atomic mass is 10.1. The highest BCUT2D eigenvalue weighted by molar-refractivity contribution is 6.06. The van der Waals surface area contributed by atoms with E-state index >= 15 is 0 Å². The quantitative estimate of drug-likeness (QED) is 0.873. The van der Waals surface area contributed by atoms with Crippen LogP contribution in [-0.4, -0.2) is 11.0 Å². The third kappa shape index (κ3) is 2.70. The summed E-state index contributed by atoms with van der Waals surface area (Å²) in [4.78, 5) is 11.9. The standard InChI is InChI=1S/C14H11F2NO2/c1-8-3-2-4-11(16)13(8)17-14(19)10-7-9(15)5-6-12(10)18/h2-7,18H,1H3,(H,17,19). The van der Waals surface area contributed by atoms with Crippen LogP contribution < -0.4 is 5.32 Å². The predicted octanol–water partition coefficient (Wildman–Crippen LogP) is 3.23. The van der Waals surface area contributed by atoms with Gasteiger partial charge in [0.05, 0.1) is 11.3 Å². The number of hydrogen-bond acceptors (Lipinski definition) is 2. The third-order valence-corrected chi connectivity index (χ3v) is 2.66. The summed E-state index contributed by atoms with van der Waals surface area (Å²) in [6, 6.07) is 7.33. The lowest BCUT2D eigenvalue weighted by Gasteiger charge is -2.10. The maximum atomic E-state index is 13.6. The smallest absolute Gasteiger partial charge is 0.259 e. The predicted molar refractivity (Wildman–Crippen MR) is 67.2 cm³/mol. The van der Waals surface area contributed by atoms with Crippen LogP contribution in [0.15, 0.2) is 36.4 Å². The zero-order chi connectivity index (χ0) is 14.0. The minimum Gasteiger partial charge on any atom is -0.507 e. The fraction of sp³-hybridized carbons (Fsp3) is 0.0714. The molecular formula is C14H11F2NO2. The van der Waals surface area contributed by atoms with Crippen LogP contribution >= 0.6 is 0 Å². The number of benzene rings is 2. The number of nitrogens with one attached hydrogen (secondary N) is 1. The first-order valence-electron chi connectivity index (χ1n) is 5.54. The van der Waals surface area contributed by atoms with E-state index in [1.54, 1.807) is 13.0 Å². The Morgan fingerprint density at radius 1 is 1.21 bits per heavy atom. The van der Waals surface area contributed by atoms with Gasteiger partial charge in [0, 0.05) is 0 Å². The van der Waals surface area contributed by atoms with Crippen molar-refractivity contribution in [2.24, 2.45) is 0 Å². The van der Waals surface area contributed by atoms with Gasteiger partial charge in [-0.1, -0.05) is 12.1 Å². The molecule has 0 aliphatic heterocycles. The Morgan fingerprint density at radius 3 is 2.63 bits per heavy atom. The van der Waals surface area contributed by atoms with E-state index in [1.165, 1.54) is 12.1 Å². The first kappa shape index (κ1) is 13.0. The maximum Gasteiger partial charge on any atom is 0.259 e. The second kappa shape index (κ2) is 5.06. The minimum atomic E-state index is -0.773. The van der Waals surface area contributed by atoms with Gasteiger partial charge in [-0.2, -0.15) is 0 Å². The van der Waals surface area contributed by atoms with Crippen molar-refractivity contribution in [3.63, 3.8) is 0 Å². The largest absolute Gasteiger partial charge is 0.507 e. The number of halogens is 2. The molecule has 5 heteroatoms. The number of aromatic hydroxyl groups is 1. The number of carbonyl (C=O) groups excluding carboxylic acids is 1. The summed E-state index contributed by atoms with van der Waals surface area (Å²) in [5, 5.41) is 11.8. The number of para-hydroxylation sites is 1. The summed E-state index contributed by atoms with van der Waals surface area (Å²) in [5.74, 6) is -2.39. The number of carbonyl (C=O) groups is 1. The zero-order valence-electron chi connectivity index (χ0n) is 10.1. The van der Waals surface area contributed by atoms with Crippen LogP contribution in [0.25, 0.3) is 0 Å². The van der Waals surface area contributed by atoms with Crippen LogP contribution in [0.1, 0.15) is 15.9 Å². The molecule has 2 N–H and O–H groups in total. The van der Waals surface area contributed by atoms with Crippen molar-refractivity contribution in [2.45, 2.75) is 6.92 Å². The molecule has 3 nitrogen and oxygen atoms in total. The molecule has 0 heterocycles. The van der Waals surface area contributed by atoms with Crippen molar-refractivity contribution < 1.29 is 18.7 Å². The molecule has 0 fully saturated rings. The lowest BCUT2D eigenvalue weighted by Crippen LogP contribution is -2.14. The molecule has 0 aliphatic rings. The van der Waals surface area contributed by atoms with E-state index in [9.17, 15) is 18.7 Å². The highest BCUT2D eigenvalue weighted by Gasteiger charge is 2.15. The molecule has 0 spiro atoms. The van der Waals surface area contributed by atoms with E-state index < -0.39 is 17.5 Å². The second-order valence-electron chi connectivity index (χ2n) is 4.05. The number of phenols is 1. The maximum absolute atomic E-state index is 13.6. The van der Waals surface area contributed by atoms with E-state index in [0.29, 0.717) is 5.56 Å². The van der Waals surface area contributed by atoms with Gasteiger partial charge in [-0.25, -0.2) is 8.78 Å². The number of aryl methyl sites for hydroxylation is 1. The van der Waals surface area contributed by atoms with E-state index in [0.717, 1.165) is 18.2 Å². The minimum absolute atomic E-state index is 0.0103. The normalized spacial score (nSPS) is 10.3. The number of anilines is 1. The average molecular weight is 263 g/mol. The van der Waals surface area contributed by atoms with E-state index in [2.05, 4.69) is 5.32 Å². The number of phenolic OH excluding ortho intramolecular Hbond substituents is 1. The van der Waals surface area contributed by atoms with Crippen molar-refractivity contribution in [1.82, 2.24) is 0 Å². The van der Waals surface area contributed by atoms with Crippen LogP contribution in [0, 0.1) is 18.6 Å². The van der Waals surface area contributed by atoms with Gasteiger partial charge in [-0.15, -0.1) is 0 Å². The molecule has 0 aromatic heterocycles. The van der Waals surface area contributed by atoms with Gasteiger partial charge in [0.1, 0.15) is 17.4 Å². The van der Waals surface area contributed by atoms with Crippen LogP contribution in [0.3, 0.4) is 0 Å². The summed E-state index contributed by atoms with van der Waals surface area (Å²) in [5.41, 5.74) is 0.294. The molecule has 98 valence electrons. The van der Waals surface area contributed by atoms with E-state index in [-0.39, 0.29) is 17.0 Å². The topological polar surface area (TPSA) is 49.3 Å². The Balaban J connectivity index is 2.34. The highest BCUT2D eigenvalue weighted by atomic mass is 19.1. The lowest BCUT2D eigenvalue weighted by molar-refractivity contribution is 0.102. The van der Waals surface area contributed by atoms with Crippen LogP contribution in [0.5, 0.6) is 5.75 Å². The molecule has 0 atom stereocenters. The summed E-state index contributed by atoms with van der Waals surface area (Å²) in [6.45, 7) is 1.63. The zero-order valence-corrected chi connectivity index (χ0v) is 10.1. The monoisotopic (exact) mass is 263 g/mol. The molecule has 0 aliphatic carbocycles. The molecule has 1 amide bonds. The van der Waals surface area contributed by atoms with Crippen LogP contribution in [0.2, 0.25) is 0 Å². The molecular weight excluding hydrogens is 252 g/mol. The Bertz CT molecular complexity index is 621. The molecule has 2 aromatic rings.